The van der Waals surface area contributed by atoms with Crippen molar-refractivity contribution < 1.29 is 14.8 Å². The summed E-state index contributed by atoms with van der Waals surface area (Å²) in [4.78, 5) is 20.8. The Balaban J connectivity index is 3.15. The van der Waals surface area contributed by atoms with Crippen LogP contribution in [0.1, 0.15) is 5.56 Å². The second kappa shape index (κ2) is 4.10. The second-order valence-corrected chi connectivity index (χ2v) is 3.16. The fourth-order valence-corrected chi connectivity index (χ4v) is 1.28. The lowest BCUT2D eigenvalue weighted by atomic mass is 10.1. The number of nitrogens with zero attached hydrogens (tertiary/aromatic N) is 1. The topological polar surface area (TPSA) is 80.4 Å². The number of nitro groups is 1. The summed E-state index contributed by atoms with van der Waals surface area (Å²) in [7, 11) is 0. The molecule has 0 aromatic heterocycles. The van der Waals surface area contributed by atoms with Gasteiger partial charge in [0.15, 0.2) is 0 Å². The normalized spacial score (nSPS) is 9.79. The van der Waals surface area contributed by atoms with E-state index >= 15 is 0 Å². The molecule has 14 heavy (non-hydrogen) atoms. The molecule has 0 aliphatic heterocycles. The highest BCUT2D eigenvalue weighted by Gasteiger charge is 2.15. The molecule has 0 amide bonds. The van der Waals surface area contributed by atoms with Crippen molar-refractivity contribution in [2.45, 2.75) is 11.3 Å². The number of rotatable bonds is 3. The quantitative estimate of drug-likeness (QED) is 0.453. The highest BCUT2D eigenvalue weighted by atomic mass is 32.1. The van der Waals surface area contributed by atoms with Crippen LogP contribution in [0.3, 0.4) is 0 Å². The Morgan fingerprint density at radius 3 is 2.71 bits per heavy atom. The lowest BCUT2D eigenvalue weighted by Crippen LogP contribution is -2.03. The first-order chi connectivity index (χ1) is 6.50. The van der Waals surface area contributed by atoms with Gasteiger partial charge < -0.3 is 5.11 Å². The van der Waals surface area contributed by atoms with Crippen LogP contribution in [0, 0.1) is 10.1 Å². The van der Waals surface area contributed by atoms with Crippen LogP contribution < -0.4 is 0 Å². The smallest absolute Gasteiger partial charge is 0.308 e. The van der Waals surface area contributed by atoms with Gasteiger partial charge in [-0.15, -0.1) is 12.6 Å². The molecule has 6 heteroatoms. The molecule has 0 spiro atoms. The van der Waals surface area contributed by atoms with Gasteiger partial charge in [0.2, 0.25) is 0 Å². The molecular weight excluding hydrogens is 206 g/mol. The van der Waals surface area contributed by atoms with Crippen LogP contribution in [0.5, 0.6) is 0 Å². The summed E-state index contributed by atoms with van der Waals surface area (Å²) in [6, 6.07) is 4.09. The Labute approximate surface area is 84.9 Å². The van der Waals surface area contributed by atoms with Crippen LogP contribution in [0.4, 0.5) is 5.69 Å². The monoisotopic (exact) mass is 213 g/mol. The number of carboxylic acids is 1. The number of nitro benzene ring substituents is 1. The number of aliphatic carboxylic acids is 1. The predicted molar refractivity (Wildman–Crippen MR) is 51.7 cm³/mol. The zero-order valence-corrected chi connectivity index (χ0v) is 7.90. The Kier molecular flexibility index (Phi) is 3.08. The van der Waals surface area contributed by atoms with Crippen molar-refractivity contribution in [3.05, 3.63) is 33.9 Å². The van der Waals surface area contributed by atoms with E-state index in [1.165, 1.54) is 18.2 Å². The molecule has 0 unspecified atom stereocenters. The molecule has 0 bridgehead atoms. The third-order valence-corrected chi connectivity index (χ3v) is 1.88. The van der Waals surface area contributed by atoms with E-state index in [0.717, 1.165) is 0 Å². The molecule has 0 saturated carbocycles. The number of thiol groups is 1. The van der Waals surface area contributed by atoms with Crippen molar-refractivity contribution in [3.8, 4) is 0 Å². The van der Waals surface area contributed by atoms with Gasteiger partial charge in [0.05, 0.1) is 11.3 Å². The standard InChI is InChI=1S/C8H7NO4S/c10-8(11)4-5-3-6(14)1-2-7(5)9(12)13/h1-3,14H,4H2,(H,10,11). The molecule has 1 N–H and O–H groups in total. The number of carboxylic acid groups (broad SMARTS) is 1. The third-order valence-electron chi connectivity index (χ3n) is 1.60. The van der Waals surface area contributed by atoms with E-state index in [4.69, 9.17) is 5.11 Å². The summed E-state index contributed by atoms with van der Waals surface area (Å²) in [5.74, 6) is -1.10. The fraction of sp³-hybridized carbons (Fsp3) is 0.125. The highest BCUT2D eigenvalue weighted by molar-refractivity contribution is 7.80. The van der Waals surface area contributed by atoms with Crippen molar-refractivity contribution in [2.24, 2.45) is 0 Å². The van der Waals surface area contributed by atoms with E-state index in [1.54, 1.807) is 0 Å². The van der Waals surface area contributed by atoms with E-state index in [2.05, 4.69) is 12.6 Å². The van der Waals surface area contributed by atoms with Gasteiger partial charge in [-0.25, -0.2) is 0 Å². The zero-order valence-electron chi connectivity index (χ0n) is 7.01. The first-order valence-corrected chi connectivity index (χ1v) is 4.13. The summed E-state index contributed by atoms with van der Waals surface area (Å²) in [5.41, 5.74) is -0.0276. The first kappa shape index (κ1) is 10.5. The van der Waals surface area contributed by atoms with Crippen LogP contribution >= 0.6 is 12.6 Å². The van der Waals surface area contributed by atoms with Gasteiger partial charge in [0.25, 0.3) is 5.69 Å². The molecule has 0 atom stereocenters. The minimum Gasteiger partial charge on any atom is -0.481 e. The van der Waals surface area contributed by atoms with Crippen LogP contribution in [-0.2, 0) is 11.2 Å². The van der Waals surface area contributed by atoms with Crippen molar-refractivity contribution >= 4 is 24.3 Å². The molecule has 0 saturated heterocycles. The fourth-order valence-electron chi connectivity index (χ4n) is 1.05. The largest absolute Gasteiger partial charge is 0.481 e. The average molecular weight is 213 g/mol. The lowest BCUT2D eigenvalue weighted by molar-refractivity contribution is -0.385. The first-order valence-electron chi connectivity index (χ1n) is 3.69. The lowest BCUT2D eigenvalue weighted by Gasteiger charge is -2.00. The van der Waals surface area contributed by atoms with Gasteiger partial charge in [-0.3, -0.25) is 14.9 Å². The van der Waals surface area contributed by atoms with E-state index < -0.39 is 10.9 Å². The van der Waals surface area contributed by atoms with Gasteiger partial charge in [-0.2, -0.15) is 0 Å². The molecule has 74 valence electrons. The van der Waals surface area contributed by atoms with Gasteiger partial charge >= 0.3 is 5.97 Å². The van der Waals surface area contributed by atoms with Crippen molar-refractivity contribution in [1.82, 2.24) is 0 Å². The molecule has 0 fully saturated rings. The summed E-state index contributed by atoms with van der Waals surface area (Å²) in [5, 5.41) is 19.0. The Bertz CT molecular complexity index is 391. The van der Waals surface area contributed by atoms with Gasteiger partial charge in [-0.1, -0.05) is 0 Å². The molecule has 5 nitrogen and oxygen atoms in total. The van der Waals surface area contributed by atoms with Crippen LogP contribution in [0.2, 0.25) is 0 Å². The van der Waals surface area contributed by atoms with Crippen molar-refractivity contribution in [1.29, 1.82) is 0 Å². The second-order valence-electron chi connectivity index (χ2n) is 2.64. The molecule has 1 rings (SSSR count). The van der Waals surface area contributed by atoms with Crippen LogP contribution in [-0.4, -0.2) is 16.0 Å². The maximum Gasteiger partial charge on any atom is 0.308 e. The zero-order chi connectivity index (χ0) is 10.7. The summed E-state index contributed by atoms with van der Waals surface area (Å²) in [6.07, 6.45) is -0.370. The minimum absolute atomic E-state index is 0.162. The number of benzene rings is 1. The van der Waals surface area contributed by atoms with Gasteiger partial charge in [0, 0.05) is 16.5 Å². The van der Waals surface area contributed by atoms with E-state index in [-0.39, 0.29) is 17.7 Å². The molecule has 0 aliphatic rings. The molecular formula is C8H7NO4S. The highest BCUT2D eigenvalue weighted by Crippen LogP contribution is 2.22. The summed E-state index contributed by atoms with van der Waals surface area (Å²) >= 11 is 3.98. The summed E-state index contributed by atoms with van der Waals surface area (Å²) in [6.45, 7) is 0. The molecule has 1 aromatic rings. The van der Waals surface area contributed by atoms with Gasteiger partial charge in [-0.05, 0) is 12.1 Å². The summed E-state index contributed by atoms with van der Waals surface area (Å²) < 4.78 is 0. The van der Waals surface area contributed by atoms with E-state index in [0.29, 0.717) is 4.90 Å². The average Bonchev–Trinajstić information content (AvgIpc) is 2.01. The molecule has 0 heterocycles. The molecule has 1 aromatic carbocycles. The number of carbonyl (C=O) groups is 1. The Hall–Kier alpha value is -1.56. The predicted octanol–water partition coefficient (Wildman–Crippen LogP) is 1.51. The third kappa shape index (κ3) is 2.46. The van der Waals surface area contributed by atoms with E-state index in [9.17, 15) is 14.9 Å². The maximum absolute atomic E-state index is 10.5. The number of hydrogen-bond donors (Lipinski definition) is 2. The number of hydrogen-bond acceptors (Lipinski definition) is 4. The molecule has 0 aliphatic carbocycles. The SMILES string of the molecule is O=C(O)Cc1cc(S)ccc1[N+](=O)[O-]. The van der Waals surface area contributed by atoms with Crippen molar-refractivity contribution in [2.75, 3.05) is 0 Å². The Morgan fingerprint density at radius 1 is 1.57 bits per heavy atom. The Morgan fingerprint density at radius 2 is 2.21 bits per heavy atom. The van der Waals surface area contributed by atoms with Crippen molar-refractivity contribution in [3.63, 3.8) is 0 Å². The molecule has 0 radical (unpaired) electrons. The maximum atomic E-state index is 10.5. The van der Waals surface area contributed by atoms with Crippen LogP contribution in [0.15, 0.2) is 23.1 Å². The van der Waals surface area contributed by atoms with E-state index in [1.807, 2.05) is 0 Å². The minimum atomic E-state index is -1.10. The van der Waals surface area contributed by atoms with Crippen LogP contribution in [0.25, 0.3) is 0 Å². The van der Waals surface area contributed by atoms with Gasteiger partial charge in [0.1, 0.15) is 0 Å².